The minimum Gasteiger partial charge on any atom is -0.290 e. The van der Waals surface area contributed by atoms with Gasteiger partial charge in [-0.1, -0.05) is 12.5 Å². The van der Waals surface area contributed by atoms with Crippen LogP contribution in [0.15, 0.2) is 23.8 Å². The fourth-order valence-corrected chi connectivity index (χ4v) is 2.10. The summed E-state index contributed by atoms with van der Waals surface area (Å²) in [5, 5.41) is 9.11. The number of rotatable bonds is 0. The summed E-state index contributed by atoms with van der Waals surface area (Å²) in [5.74, 6) is 0.0303. The van der Waals surface area contributed by atoms with Gasteiger partial charge in [0.25, 0.3) is 0 Å². The predicted molar refractivity (Wildman–Crippen MR) is 48.7 cm³/mol. The van der Waals surface area contributed by atoms with Crippen molar-refractivity contribution in [2.75, 3.05) is 0 Å². The third-order valence-corrected chi connectivity index (χ3v) is 2.89. The Morgan fingerprint density at radius 2 is 2.31 bits per heavy atom. The molecule has 0 saturated heterocycles. The van der Waals surface area contributed by atoms with Gasteiger partial charge in [0.1, 0.15) is 0 Å². The maximum Gasteiger partial charge on any atom is 0.178 e. The predicted octanol–water partition coefficient (Wildman–Crippen LogP) is 2.14. The lowest BCUT2D eigenvalue weighted by molar-refractivity contribution is -0.110. The Balaban J connectivity index is 2.42. The molecule has 0 aromatic carbocycles. The fourth-order valence-electron chi connectivity index (χ4n) is 2.10. The first kappa shape index (κ1) is 8.25. The first-order valence-electron chi connectivity index (χ1n) is 4.62. The summed E-state index contributed by atoms with van der Waals surface area (Å²) < 4.78 is 0. The van der Waals surface area contributed by atoms with Crippen LogP contribution in [0.4, 0.5) is 0 Å². The van der Waals surface area contributed by atoms with Crippen molar-refractivity contribution in [3.63, 3.8) is 0 Å². The van der Waals surface area contributed by atoms with Crippen LogP contribution in [-0.4, -0.2) is 5.78 Å². The van der Waals surface area contributed by atoms with Crippen molar-refractivity contribution in [2.24, 2.45) is 5.41 Å². The lowest BCUT2D eigenvalue weighted by Gasteiger charge is -2.32. The molecule has 2 nitrogen and oxygen atoms in total. The zero-order valence-corrected chi connectivity index (χ0v) is 7.42. The monoisotopic (exact) mass is 173 g/mol. The Bertz CT molecular complexity index is 346. The minimum atomic E-state index is -0.438. The second-order valence-electron chi connectivity index (χ2n) is 3.70. The van der Waals surface area contributed by atoms with Crippen molar-refractivity contribution in [1.29, 1.82) is 5.26 Å². The van der Waals surface area contributed by atoms with Gasteiger partial charge in [-0.25, -0.2) is 0 Å². The van der Waals surface area contributed by atoms with E-state index >= 15 is 0 Å². The van der Waals surface area contributed by atoms with E-state index in [-0.39, 0.29) is 5.78 Å². The Morgan fingerprint density at radius 1 is 1.46 bits per heavy atom. The van der Waals surface area contributed by atoms with E-state index in [0.717, 1.165) is 31.3 Å². The van der Waals surface area contributed by atoms with Crippen molar-refractivity contribution in [3.8, 4) is 6.07 Å². The maximum atomic E-state index is 11.1. The molecule has 0 radical (unpaired) electrons. The van der Waals surface area contributed by atoms with Gasteiger partial charge < -0.3 is 0 Å². The smallest absolute Gasteiger partial charge is 0.178 e. The van der Waals surface area contributed by atoms with E-state index in [1.54, 1.807) is 12.2 Å². The van der Waals surface area contributed by atoms with Gasteiger partial charge in [0.05, 0.1) is 11.5 Å². The van der Waals surface area contributed by atoms with Crippen LogP contribution in [0.2, 0.25) is 0 Å². The molecule has 0 aliphatic heterocycles. The number of fused-ring (bicyclic) bond motifs is 1. The quantitative estimate of drug-likeness (QED) is 0.563. The molecular weight excluding hydrogens is 162 g/mol. The Hall–Kier alpha value is -1.36. The summed E-state index contributed by atoms with van der Waals surface area (Å²) >= 11 is 0. The van der Waals surface area contributed by atoms with Crippen LogP contribution in [0.3, 0.4) is 0 Å². The van der Waals surface area contributed by atoms with Gasteiger partial charge in [0.2, 0.25) is 0 Å². The van der Waals surface area contributed by atoms with E-state index in [4.69, 9.17) is 5.26 Å². The largest absolute Gasteiger partial charge is 0.290 e. The van der Waals surface area contributed by atoms with Crippen molar-refractivity contribution in [2.45, 2.75) is 25.7 Å². The van der Waals surface area contributed by atoms with E-state index < -0.39 is 5.41 Å². The van der Waals surface area contributed by atoms with Crippen LogP contribution in [0.5, 0.6) is 0 Å². The molecule has 2 aliphatic carbocycles. The van der Waals surface area contributed by atoms with Gasteiger partial charge in [-0.3, -0.25) is 4.79 Å². The molecule has 2 heteroatoms. The number of carbonyl (C=O) groups excluding carboxylic acids is 1. The van der Waals surface area contributed by atoms with E-state index in [1.807, 2.05) is 0 Å². The molecule has 1 saturated carbocycles. The first-order chi connectivity index (χ1) is 6.27. The highest BCUT2D eigenvalue weighted by Gasteiger charge is 2.36. The molecule has 0 N–H and O–H groups in total. The second kappa shape index (κ2) is 2.85. The number of hydrogen-bond donors (Lipinski definition) is 0. The summed E-state index contributed by atoms with van der Waals surface area (Å²) in [6, 6.07) is 2.33. The van der Waals surface area contributed by atoms with Crippen molar-refractivity contribution in [1.82, 2.24) is 0 Å². The highest BCUT2D eigenvalue weighted by Crippen LogP contribution is 2.43. The summed E-state index contributed by atoms with van der Waals surface area (Å²) in [4.78, 5) is 11.1. The zero-order chi connectivity index (χ0) is 9.31. The van der Waals surface area contributed by atoms with E-state index in [0.29, 0.717) is 0 Å². The van der Waals surface area contributed by atoms with Gasteiger partial charge in [-0.15, -0.1) is 0 Å². The molecule has 0 aromatic rings. The van der Waals surface area contributed by atoms with Crippen LogP contribution >= 0.6 is 0 Å². The molecule has 66 valence electrons. The SMILES string of the molecule is N#C[C@]12C=CC(=O)C=C1CCCC2. The third kappa shape index (κ3) is 1.21. The van der Waals surface area contributed by atoms with Gasteiger partial charge in [-0.2, -0.15) is 5.26 Å². The van der Waals surface area contributed by atoms with Gasteiger partial charge in [0, 0.05) is 0 Å². The number of nitrogens with zero attached hydrogens (tertiary/aromatic N) is 1. The van der Waals surface area contributed by atoms with Crippen molar-refractivity contribution in [3.05, 3.63) is 23.8 Å². The molecule has 1 fully saturated rings. The first-order valence-corrected chi connectivity index (χ1v) is 4.62. The summed E-state index contributed by atoms with van der Waals surface area (Å²) in [7, 11) is 0. The number of ketones is 1. The molecule has 1 atom stereocenters. The average Bonchev–Trinajstić information content (AvgIpc) is 2.18. The summed E-state index contributed by atoms with van der Waals surface area (Å²) in [6.45, 7) is 0. The highest BCUT2D eigenvalue weighted by atomic mass is 16.1. The lowest BCUT2D eigenvalue weighted by atomic mass is 9.69. The van der Waals surface area contributed by atoms with E-state index in [2.05, 4.69) is 6.07 Å². The molecule has 2 aliphatic rings. The number of hydrogen-bond acceptors (Lipinski definition) is 2. The fraction of sp³-hybridized carbons (Fsp3) is 0.455. The number of carbonyl (C=O) groups is 1. The molecule has 0 aromatic heterocycles. The van der Waals surface area contributed by atoms with E-state index in [1.165, 1.54) is 6.08 Å². The van der Waals surface area contributed by atoms with Crippen LogP contribution in [-0.2, 0) is 4.79 Å². The molecule has 0 bridgehead atoms. The standard InChI is InChI=1S/C11H11NO/c12-8-11-5-2-1-3-9(11)7-10(13)4-6-11/h4,6-7H,1-3,5H2/t11-/m0/s1. The van der Waals surface area contributed by atoms with Crippen LogP contribution in [0.1, 0.15) is 25.7 Å². The molecule has 0 amide bonds. The Kier molecular flexibility index (Phi) is 1.81. The molecule has 13 heavy (non-hydrogen) atoms. The molecule has 0 heterocycles. The Morgan fingerprint density at radius 3 is 3.08 bits per heavy atom. The summed E-state index contributed by atoms with van der Waals surface area (Å²) in [6.07, 6.45) is 8.92. The third-order valence-electron chi connectivity index (χ3n) is 2.89. The van der Waals surface area contributed by atoms with Crippen LogP contribution in [0.25, 0.3) is 0 Å². The normalized spacial score (nSPS) is 31.9. The van der Waals surface area contributed by atoms with Gasteiger partial charge >= 0.3 is 0 Å². The zero-order valence-electron chi connectivity index (χ0n) is 7.42. The highest BCUT2D eigenvalue weighted by molar-refractivity contribution is 6.01. The number of allylic oxidation sites excluding steroid dienone is 4. The number of nitriles is 1. The molecule has 2 rings (SSSR count). The maximum absolute atomic E-state index is 11.1. The van der Waals surface area contributed by atoms with Crippen molar-refractivity contribution < 1.29 is 4.79 Å². The van der Waals surface area contributed by atoms with Crippen LogP contribution < -0.4 is 0 Å². The van der Waals surface area contributed by atoms with Crippen molar-refractivity contribution >= 4 is 5.78 Å². The van der Waals surface area contributed by atoms with E-state index in [9.17, 15) is 4.79 Å². The second-order valence-corrected chi connectivity index (χ2v) is 3.70. The van der Waals surface area contributed by atoms with Gasteiger partial charge in [0.15, 0.2) is 5.78 Å². The molecule has 0 spiro atoms. The van der Waals surface area contributed by atoms with Crippen LogP contribution in [0, 0.1) is 16.7 Å². The minimum absolute atomic E-state index is 0.0303. The molecular formula is C11H11NO. The summed E-state index contributed by atoms with van der Waals surface area (Å²) in [5.41, 5.74) is 0.584. The topological polar surface area (TPSA) is 40.9 Å². The lowest BCUT2D eigenvalue weighted by Crippen LogP contribution is -2.26. The molecule has 0 unspecified atom stereocenters. The Labute approximate surface area is 77.6 Å². The van der Waals surface area contributed by atoms with Gasteiger partial charge in [-0.05, 0) is 37.0 Å². The average molecular weight is 173 g/mol.